The van der Waals surface area contributed by atoms with Crippen LogP contribution in [0.4, 0.5) is 0 Å². The molecule has 3 N–H and O–H groups in total. The van der Waals surface area contributed by atoms with E-state index in [9.17, 15) is 10.2 Å². The molecule has 1 aromatic rings. The van der Waals surface area contributed by atoms with E-state index in [0.29, 0.717) is 18.4 Å². The minimum atomic E-state index is -1.07. The molecule has 92 valence electrons. The molecule has 17 heavy (non-hydrogen) atoms. The Hall–Kier alpha value is -1.41. The summed E-state index contributed by atoms with van der Waals surface area (Å²) in [6.45, 7) is 0.0885. The van der Waals surface area contributed by atoms with Gasteiger partial charge in [-0.15, -0.1) is 0 Å². The Morgan fingerprint density at radius 3 is 2.59 bits per heavy atom. The van der Waals surface area contributed by atoms with Gasteiger partial charge in [0.2, 0.25) is 0 Å². The molecule has 0 spiro atoms. The van der Waals surface area contributed by atoms with Crippen LogP contribution in [0.5, 0.6) is 0 Å². The third-order valence-corrected chi connectivity index (χ3v) is 2.64. The van der Waals surface area contributed by atoms with E-state index in [1.54, 1.807) is 12.1 Å². The predicted molar refractivity (Wildman–Crippen MR) is 63.0 cm³/mol. The van der Waals surface area contributed by atoms with Crippen molar-refractivity contribution < 1.29 is 15.3 Å². The lowest BCUT2D eigenvalue weighted by atomic mass is 9.95. The van der Waals surface area contributed by atoms with Crippen LogP contribution in [0.3, 0.4) is 0 Å². The lowest BCUT2D eigenvalue weighted by molar-refractivity contribution is 0.0211. The van der Waals surface area contributed by atoms with E-state index in [1.165, 1.54) is 0 Å². The van der Waals surface area contributed by atoms with Crippen LogP contribution in [0.15, 0.2) is 24.3 Å². The van der Waals surface area contributed by atoms with E-state index in [1.807, 2.05) is 18.2 Å². The number of nitriles is 1. The van der Waals surface area contributed by atoms with Crippen molar-refractivity contribution in [3.63, 3.8) is 0 Å². The maximum atomic E-state index is 9.94. The number of rotatable bonds is 6. The van der Waals surface area contributed by atoms with Gasteiger partial charge in [0.1, 0.15) is 6.10 Å². The minimum Gasteiger partial charge on any atom is -0.396 e. The average molecular weight is 235 g/mol. The topological polar surface area (TPSA) is 84.5 Å². The van der Waals surface area contributed by atoms with Gasteiger partial charge in [-0.2, -0.15) is 5.26 Å². The summed E-state index contributed by atoms with van der Waals surface area (Å²) in [5.41, 5.74) is 1.52. The number of aliphatic hydroxyl groups is 3. The third-order valence-electron chi connectivity index (χ3n) is 2.64. The number of benzene rings is 1. The van der Waals surface area contributed by atoms with E-state index in [2.05, 4.69) is 0 Å². The van der Waals surface area contributed by atoms with Crippen molar-refractivity contribution in [2.45, 2.75) is 31.5 Å². The quantitative estimate of drug-likeness (QED) is 0.684. The monoisotopic (exact) mass is 235 g/mol. The first-order chi connectivity index (χ1) is 8.20. The van der Waals surface area contributed by atoms with E-state index in [0.717, 1.165) is 5.56 Å². The lowest BCUT2D eigenvalue weighted by Crippen LogP contribution is -2.19. The molecule has 0 aliphatic carbocycles. The van der Waals surface area contributed by atoms with Gasteiger partial charge in [-0.25, -0.2) is 0 Å². The van der Waals surface area contributed by atoms with Crippen LogP contribution < -0.4 is 0 Å². The Morgan fingerprint density at radius 1 is 1.24 bits per heavy atom. The first-order valence-corrected chi connectivity index (χ1v) is 5.62. The molecule has 0 aliphatic heterocycles. The van der Waals surface area contributed by atoms with Crippen molar-refractivity contribution in [1.29, 1.82) is 5.26 Å². The summed E-state index contributed by atoms with van der Waals surface area (Å²) in [4.78, 5) is 0. The number of aliphatic hydroxyl groups excluding tert-OH is 3. The van der Waals surface area contributed by atoms with Gasteiger partial charge in [-0.1, -0.05) is 24.3 Å². The number of hydrogen-bond acceptors (Lipinski definition) is 4. The molecule has 4 heteroatoms. The van der Waals surface area contributed by atoms with Crippen LogP contribution in [0.1, 0.15) is 30.1 Å². The standard InChI is InChI=1S/C13H17NO3/c14-8-7-12(16)13(17)11-6-2-1-4-10(11)5-3-9-15/h1-2,4,6,12-13,15-17H,3,5,7,9H2. The summed E-state index contributed by atoms with van der Waals surface area (Å²) in [7, 11) is 0. The van der Waals surface area contributed by atoms with Crippen LogP contribution in [0.25, 0.3) is 0 Å². The van der Waals surface area contributed by atoms with Gasteiger partial charge in [0.15, 0.2) is 0 Å². The highest BCUT2D eigenvalue weighted by atomic mass is 16.3. The van der Waals surface area contributed by atoms with Crippen molar-refractivity contribution in [1.82, 2.24) is 0 Å². The second-order valence-corrected chi connectivity index (χ2v) is 3.90. The Kier molecular flexibility index (Phi) is 5.64. The largest absolute Gasteiger partial charge is 0.396 e. The Morgan fingerprint density at radius 2 is 1.94 bits per heavy atom. The smallest absolute Gasteiger partial charge is 0.106 e. The van der Waals surface area contributed by atoms with Crippen LogP contribution in [0, 0.1) is 11.3 Å². The molecule has 2 unspecified atom stereocenters. The van der Waals surface area contributed by atoms with Gasteiger partial charge in [0, 0.05) is 6.61 Å². The van der Waals surface area contributed by atoms with Crippen molar-refractivity contribution in [2.24, 2.45) is 0 Å². The second-order valence-electron chi connectivity index (χ2n) is 3.90. The molecule has 4 nitrogen and oxygen atoms in total. The molecule has 0 fully saturated rings. The fourth-order valence-corrected chi connectivity index (χ4v) is 1.73. The molecule has 1 aromatic carbocycles. The normalized spacial score (nSPS) is 14.0. The predicted octanol–water partition coefficient (Wildman–Crippen LogP) is 0.919. The molecule has 0 aromatic heterocycles. The molecular formula is C13H17NO3. The maximum Gasteiger partial charge on any atom is 0.106 e. The van der Waals surface area contributed by atoms with Gasteiger partial charge in [-0.05, 0) is 24.0 Å². The summed E-state index contributed by atoms with van der Waals surface area (Å²) in [5, 5.41) is 36.8. The molecule has 0 aliphatic rings. The zero-order valence-electron chi connectivity index (χ0n) is 9.58. The molecule has 0 bridgehead atoms. The fourth-order valence-electron chi connectivity index (χ4n) is 1.73. The minimum absolute atomic E-state index is 0.0885. The summed E-state index contributed by atoms with van der Waals surface area (Å²) < 4.78 is 0. The molecule has 2 atom stereocenters. The highest BCUT2D eigenvalue weighted by Crippen LogP contribution is 2.23. The first kappa shape index (κ1) is 13.7. The lowest BCUT2D eigenvalue weighted by Gasteiger charge is -2.18. The van der Waals surface area contributed by atoms with Gasteiger partial charge >= 0.3 is 0 Å². The second kappa shape index (κ2) is 7.02. The van der Waals surface area contributed by atoms with E-state index >= 15 is 0 Å². The zero-order valence-corrected chi connectivity index (χ0v) is 9.58. The Balaban J connectivity index is 2.84. The fraction of sp³-hybridized carbons (Fsp3) is 0.462. The molecule has 0 amide bonds. The highest BCUT2D eigenvalue weighted by molar-refractivity contribution is 5.30. The van der Waals surface area contributed by atoms with Crippen LogP contribution in [-0.2, 0) is 6.42 Å². The summed E-state index contributed by atoms with van der Waals surface area (Å²) in [6.07, 6.45) is -0.976. The van der Waals surface area contributed by atoms with Gasteiger partial charge in [0.05, 0.1) is 18.6 Å². The molecular weight excluding hydrogens is 218 g/mol. The molecule has 0 saturated carbocycles. The van der Waals surface area contributed by atoms with Crippen molar-refractivity contribution in [3.05, 3.63) is 35.4 Å². The van der Waals surface area contributed by atoms with Crippen LogP contribution >= 0.6 is 0 Å². The summed E-state index contributed by atoms with van der Waals surface area (Å²) in [6, 6.07) is 9.04. The molecule has 0 radical (unpaired) electrons. The SMILES string of the molecule is N#CCC(O)C(O)c1ccccc1CCCO. The number of aryl methyl sites for hydroxylation is 1. The van der Waals surface area contributed by atoms with Crippen molar-refractivity contribution >= 4 is 0 Å². The highest BCUT2D eigenvalue weighted by Gasteiger charge is 2.20. The van der Waals surface area contributed by atoms with Gasteiger partial charge in [0.25, 0.3) is 0 Å². The Labute approximate surface area is 101 Å². The summed E-state index contributed by atoms with van der Waals surface area (Å²) in [5.74, 6) is 0. The third kappa shape index (κ3) is 3.82. The van der Waals surface area contributed by atoms with E-state index in [-0.39, 0.29) is 13.0 Å². The van der Waals surface area contributed by atoms with E-state index in [4.69, 9.17) is 10.4 Å². The average Bonchev–Trinajstić information content (AvgIpc) is 2.36. The van der Waals surface area contributed by atoms with E-state index < -0.39 is 12.2 Å². The van der Waals surface area contributed by atoms with Gasteiger partial charge in [-0.3, -0.25) is 0 Å². The Bertz CT molecular complexity index is 386. The molecule has 0 saturated heterocycles. The van der Waals surface area contributed by atoms with Crippen LogP contribution in [-0.4, -0.2) is 28.0 Å². The first-order valence-electron chi connectivity index (χ1n) is 5.62. The number of hydrogen-bond donors (Lipinski definition) is 3. The number of nitrogens with zero attached hydrogens (tertiary/aromatic N) is 1. The summed E-state index contributed by atoms with van der Waals surface area (Å²) >= 11 is 0. The maximum absolute atomic E-state index is 9.94. The van der Waals surface area contributed by atoms with Crippen molar-refractivity contribution in [2.75, 3.05) is 6.61 Å². The van der Waals surface area contributed by atoms with Gasteiger partial charge < -0.3 is 15.3 Å². The zero-order chi connectivity index (χ0) is 12.7. The molecule has 1 rings (SSSR count). The van der Waals surface area contributed by atoms with Crippen molar-refractivity contribution in [3.8, 4) is 6.07 Å². The molecule has 0 heterocycles. The van der Waals surface area contributed by atoms with Crippen LogP contribution in [0.2, 0.25) is 0 Å².